The number of fused-ring (bicyclic) bond motifs is 1. The highest BCUT2D eigenvalue weighted by Gasteiger charge is 2.49. The first-order valence-electron chi connectivity index (χ1n) is 8.71. The Hall–Kier alpha value is -1.55. The number of benzene rings is 1. The van der Waals surface area contributed by atoms with Crippen molar-refractivity contribution < 1.29 is 4.79 Å². The zero-order valence-corrected chi connectivity index (χ0v) is 13.1. The largest absolute Gasteiger partial charge is 0.321 e. The molecule has 1 aliphatic carbocycles. The molecule has 2 aliphatic heterocycles. The van der Waals surface area contributed by atoms with Crippen LogP contribution < -0.4 is 5.32 Å². The van der Waals surface area contributed by atoms with Gasteiger partial charge >= 0.3 is 6.03 Å². The minimum atomic E-state index is 0.213. The number of amides is 2. The molecule has 3 fully saturated rings. The molecule has 0 unspecified atom stereocenters. The summed E-state index contributed by atoms with van der Waals surface area (Å²) in [6.07, 6.45) is 6.19. The normalized spacial score (nSPS) is 29.7. The fourth-order valence-electron chi connectivity index (χ4n) is 4.47. The Labute approximate surface area is 132 Å². The highest BCUT2D eigenvalue weighted by atomic mass is 16.2. The fourth-order valence-corrected chi connectivity index (χ4v) is 4.47. The molecule has 1 saturated carbocycles. The molecule has 1 aromatic carbocycles. The van der Waals surface area contributed by atoms with Gasteiger partial charge in [0.05, 0.1) is 12.1 Å². The maximum Gasteiger partial charge on any atom is 0.321 e. The molecule has 1 N–H and O–H groups in total. The lowest BCUT2D eigenvalue weighted by molar-refractivity contribution is 0.146. The predicted octanol–water partition coefficient (Wildman–Crippen LogP) is 2.77. The van der Waals surface area contributed by atoms with Crippen LogP contribution >= 0.6 is 0 Å². The Bertz CT molecular complexity index is 526. The van der Waals surface area contributed by atoms with Crippen LogP contribution in [0.1, 0.15) is 43.7 Å². The molecule has 4 heteroatoms. The van der Waals surface area contributed by atoms with Crippen molar-refractivity contribution in [1.29, 1.82) is 0 Å². The van der Waals surface area contributed by atoms with Gasteiger partial charge in [-0.25, -0.2) is 4.79 Å². The topological polar surface area (TPSA) is 35.6 Å². The first-order valence-corrected chi connectivity index (χ1v) is 8.71. The van der Waals surface area contributed by atoms with Gasteiger partial charge in [-0.2, -0.15) is 0 Å². The van der Waals surface area contributed by atoms with Gasteiger partial charge in [-0.05, 0) is 18.4 Å². The van der Waals surface area contributed by atoms with E-state index in [1.54, 1.807) is 0 Å². The number of urea groups is 1. The van der Waals surface area contributed by atoms with Gasteiger partial charge in [0.2, 0.25) is 0 Å². The van der Waals surface area contributed by atoms with E-state index in [1.807, 2.05) is 0 Å². The smallest absolute Gasteiger partial charge is 0.317 e. The average Bonchev–Trinajstić information content (AvgIpc) is 2.90. The Morgan fingerprint density at radius 2 is 1.82 bits per heavy atom. The summed E-state index contributed by atoms with van der Waals surface area (Å²) in [5, 5.41) is 3.48. The van der Waals surface area contributed by atoms with Crippen molar-refractivity contribution in [3.05, 3.63) is 35.9 Å². The second kappa shape index (κ2) is 5.92. The molecular weight excluding hydrogens is 274 g/mol. The molecule has 1 aromatic rings. The van der Waals surface area contributed by atoms with E-state index in [0.29, 0.717) is 6.04 Å². The average molecular weight is 299 g/mol. The summed E-state index contributed by atoms with van der Waals surface area (Å²) < 4.78 is 0. The number of hydrogen-bond acceptors (Lipinski definition) is 2. The van der Waals surface area contributed by atoms with Gasteiger partial charge in [-0.1, -0.05) is 49.6 Å². The molecule has 0 radical (unpaired) electrons. The Kier molecular flexibility index (Phi) is 3.78. The third-order valence-electron chi connectivity index (χ3n) is 5.52. The molecule has 3 aliphatic rings. The predicted molar refractivity (Wildman–Crippen MR) is 86.7 cm³/mol. The van der Waals surface area contributed by atoms with Crippen LogP contribution in [0.3, 0.4) is 0 Å². The quantitative estimate of drug-likeness (QED) is 0.911. The second-order valence-corrected chi connectivity index (χ2v) is 6.80. The van der Waals surface area contributed by atoms with Gasteiger partial charge < -0.3 is 15.1 Å². The maximum atomic E-state index is 13.0. The number of carbonyl (C=O) groups excluding carboxylic acids is 1. The standard InChI is InChI=1S/C18H25N3O/c22-18-20-12-11-19-13-16(20)17(14-7-3-1-4-8-14)21(18)15-9-5-2-6-10-15/h1,3-4,7-8,15-17,19H,2,5-6,9-13H2/t16-,17-/m1/s1. The summed E-state index contributed by atoms with van der Waals surface area (Å²) in [7, 11) is 0. The molecule has 2 saturated heterocycles. The molecule has 0 bridgehead atoms. The van der Waals surface area contributed by atoms with Crippen molar-refractivity contribution in [1.82, 2.24) is 15.1 Å². The van der Waals surface area contributed by atoms with E-state index in [4.69, 9.17) is 0 Å². The van der Waals surface area contributed by atoms with E-state index in [-0.39, 0.29) is 18.1 Å². The van der Waals surface area contributed by atoms with Gasteiger partial charge in [0.1, 0.15) is 0 Å². The van der Waals surface area contributed by atoms with Crippen LogP contribution in [-0.4, -0.2) is 47.5 Å². The van der Waals surface area contributed by atoms with Crippen molar-refractivity contribution in [2.45, 2.75) is 50.2 Å². The first kappa shape index (κ1) is 14.1. The summed E-state index contributed by atoms with van der Waals surface area (Å²) in [6, 6.07) is 11.8. The molecule has 0 aromatic heterocycles. The number of rotatable bonds is 2. The number of hydrogen-bond donors (Lipinski definition) is 1. The number of piperazine rings is 1. The zero-order valence-electron chi connectivity index (χ0n) is 13.1. The molecule has 22 heavy (non-hydrogen) atoms. The van der Waals surface area contributed by atoms with Crippen LogP contribution in [0.15, 0.2) is 30.3 Å². The van der Waals surface area contributed by atoms with Crippen molar-refractivity contribution in [3.8, 4) is 0 Å². The molecule has 0 spiro atoms. The van der Waals surface area contributed by atoms with Crippen molar-refractivity contribution in [2.24, 2.45) is 0 Å². The van der Waals surface area contributed by atoms with E-state index in [9.17, 15) is 4.79 Å². The third kappa shape index (κ3) is 2.30. The summed E-state index contributed by atoms with van der Waals surface area (Å²) in [4.78, 5) is 17.4. The molecule has 118 valence electrons. The van der Waals surface area contributed by atoms with Gasteiger partial charge in [0.15, 0.2) is 0 Å². The SMILES string of the molecule is O=C1N2CCNC[C@@H]2[C@@H](c2ccccc2)N1C1CCCCC1. The molecule has 4 rings (SSSR count). The van der Waals surface area contributed by atoms with Gasteiger partial charge in [0, 0.05) is 25.7 Å². The number of nitrogens with zero attached hydrogens (tertiary/aromatic N) is 2. The summed E-state index contributed by atoms with van der Waals surface area (Å²) in [5.74, 6) is 0. The van der Waals surface area contributed by atoms with Crippen LogP contribution in [0.4, 0.5) is 4.79 Å². The number of carbonyl (C=O) groups is 1. The fraction of sp³-hybridized carbons (Fsp3) is 0.611. The van der Waals surface area contributed by atoms with Crippen LogP contribution in [-0.2, 0) is 0 Å². The summed E-state index contributed by atoms with van der Waals surface area (Å²) in [6.45, 7) is 2.67. The Balaban J connectivity index is 1.70. The maximum absolute atomic E-state index is 13.0. The third-order valence-corrected chi connectivity index (χ3v) is 5.52. The Morgan fingerprint density at radius 3 is 2.59 bits per heavy atom. The number of nitrogens with one attached hydrogen (secondary N) is 1. The van der Waals surface area contributed by atoms with Crippen molar-refractivity contribution in [2.75, 3.05) is 19.6 Å². The van der Waals surface area contributed by atoms with Gasteiger partial charge in [-0.3, -0.25) is 0 Å². The van der Waals surface area contributed by atoms with Crippen LogP contribution in [0.25, 0.3) is 0 Å². The molecule has 2 amide bonds. The minimum Gasteiger partial charge on any atom is -0.317 e. The van der Waals surface area contributed by atoms with E-state index >= 15 is 0 Å². The van der Waals surface area contributed by atoms with Crippen molar-refractivity contribution in [3.63, 3.8) is 0 Å². The van der Waals surface area contributed by atoms with E-state index in [0.717, 1.165) is 19.6 Å². The highest BCUT2D eigenvalue weighted by Crippen LogP contribution is 2.40. The molecule has 2 heterocycles. The van der Waals surface area contributed by atoms with E-state index < -0.39 is 0 Å². The van der Waals surface area contributed by atoms with Crippen molar-refractivity contribution >= 4 is 6.03 Å². The zero-order chi connectivity index (χ0) is 14.9. The van der Waals surface area contributed by atoms with Crippen LogP contribution in [0, 0.1) is 0 Å². The minimum absolute atomic E-state index is 0.213. The first-order chi connectivity index (χ1) is 10.9. The Morgan fingerprint density at radius 1 is 1.05 bits per heavy atom. The van der Waals surface area contributed by atoms with Gasteiger partial charge in [-0.15, -0.1) is 0 Å². The highest BCUT2D eigenvalue weighted by molar-refractivity contribution is 5.79. The lowest BCUT2D eigenvalue weighted by atomic mass is 9.91. The van der Waals surface area contributed by atoms with E-state index in [1.165, 1.54) is 37.7 Å². The van der Waals surface area contributed by atoms with Crippen LogP contribution in [0.5, 0.6) is 0 Å². The molecule has 2 atom stereocenters. The molecule has 4 nitrogen and oxygen atoms in total. The lowest BCUT2D eigenvalue weighted by Gasteiger charge is -2.36. The summed E-state index contributed by atoms with van der Waals surface area (Å²) >= 11 is 0. The van der Waals surface area contributed by atoms with E-state index in [2.05, 4.69) is 45.4 Å². The lowest BCUT2D eigenvalue weighted by Crippen LogP contribution is -2.50. The van der Waals surface area contributed by atoms with Gasteiger partial charge in [0.25, 0.3) is 0 Å². The summed E-state index contributed by atoms with van der Waals surface area (Å²) in [5.41, 5.74) is 1.29. The van der Waals surface area contributed by atoms with Crippen LogP contribution in [0.2, 0.25) is 0 Å². The monoisotopic (exact) mass is 299 g/mol. The molecular formula is C18H25N3O. The second-order valence-electron chi connectivity index (χ2n) is 6.80.